The van der Waals surface area contributed by atoms with E-state index in [1.54, 1.807) is 24.8 Å². The molecule has 0 atom stereocenters. The van der Waals surface area contributed by atoms with Gasteiger partial charge in [-0.3, -0.25) is 10.1 Å². The van der Waals surface area contributed by atoms with Crippen LogP contribution < -0.4 is 10.6 Å². The molecule has 0 radical (unpaired) electrons. The number of rotatable bonds is 7. The predicted octanol–water partition coefficient (Wildman–Crippen LogP) is 2.30. The topological polar surface area (TPSA) is 98.8 Å². The van der Waals surface area contributed by atoms with Gasteiger partial charge in [0, 0.05) is 38.1 Å². The van der Waals surface area contributed by atoms with Crippen LogP contribution in [0.1, 0.15) is 39.5 Å². The van der Waals surface area contributed by atoms with Crippen LogP contribution in [0.25, 0.3) is 0 Å². The van der Waals surface area contributed by atoms with Crippen molar-refractivity contribution >= 4 is 38.3 Å². The van der Waals surface area contributed by atoms with Crippen LogP contribution in [-0.4, -0.2) is 61.8 Å². The lowest BCUT2D eigenvalue weighted by Gasteiger charge is -2.31. The van der Waals surface area contributed by atoms with Crippen molar-refractivity contribution in [2.45, 2.75) is 49.8 Å². The van der Waals surface area contributed by atoms with E-state index in [0.717, 1.165) is 24.2 Å². The first-order chi connectivity index (χ1) is 13.3. The fourth-order valence-electron chi connectivity index (χ4n) is 3.29. The second-order valence-corrected chi connectivity index (χ2v) is 10.4. The molecule has 1 aliphatic heterocycles. The van der Waals surface area contributed by atoms with E-state index in [0.29, 0.717) is 50.1 Å². The number of hydrogen-bond donors (Lipinski definition) is 2. The Morgan fingerprint density at radius 2 is 1.79 bits per heavy atom. The van der Waals surface area contributed by atoms with E-state index < -0.39 is 10.0 Å². The van der Waals surface area contributed by atoms with Gasteiger partial charge in [0.15, 0.2) is 0 Å². The van der Waals surface area contributed by atoms with Gasteiger partial charge in [-0.2, -0.15) is 4.31 Å². The summed E-state index contributed by atoms with van der Waals surface area (Å²) < 4.78 is 26.7. The maximum atomic E-state index is 12.6. The summed E-state index contributed by atoms with van der Waals surface area (Å²) in [5.74, 6) is 0.0734. The maximum Gasteiger partial charge on any atom is 0.322 e. The summed E-state index contributed by atoms with van der Waals surface area (Å²) in [6.45, 7) is 5.44. The standard InChI is InChI=1S/C18H28N4O4S2/c1-3-22(4-2)28(25,26)16-8-7-15(27-16)20-18(24)21-11-9-13(10-12-21)17(23)19-14-5-6-14/h7-8,13-14H,3-6,9-12H2,1-2H3,(H,19,23)(H,20,24). The molecule has 28 heavy (non-hydrogen) atoms. The van der Waals surface area contributed by atoms with Crippen LogP contribution in [0.3, 0.4) is 0 Å². The molecule has 1 aromatic heterocycles. The van der Waals surface area contributed by atoms with Gasteiger partial charge in [0.1, 0.15) is 4.21 Å². The van der Waals surface area contributed by atoms with Crippen LogP contribution in [-0.2, 0) is 14.8 Å². The SMILES string of the molecule is CCN(CC)S(=O)(=O)c1ccc(NC(=O)N2CCC(C(=O)NC3CC3)CC2)s1. The highest BCUT2D eigenvalue weighted by atomic mass is 32.2. The van der Waals surface area contributed by atoms with Gasteiger partial charge in [0.05, 0.1) is 5.00 Å². The third-order valence-corrected chi connectivity index (χ3v) is 8.71. The average Bonchev–Trinajstić information content (AvgIpc) is 3.36. The van der Waals surface area contributed by atoms with Crippen LogP contribution in [0.2, 0.25) is 0 Å². The number of hydrogen-bond acceptors (Lipinski definition) is 5. The van der Waals surface area contributed by atoms with Crippen molar-refractivity contribution < 1.29 is 18.0 Å². The molecule has 2 fully saturated rings. The number of sulfonamides is 1. The van der Waals surface area contributed by atoms with Crippen molar-refractivity contribution in [2.24, 2.45) is 5.92 Å². The number of piperidine rings is 1. The molecule has 2 N–H and O–H groups in total. The Labute approximate surface area is 170 Å². The molecule has 1 aliphatic carbocycles. The van der Waals surface area contributed by atoms with Crippen LogP contribution in [0.5, 0.6) is 0 Å². The number of nitrogens with one attached hydrogen (secondary N) is 2. The van der Waals surface area contributed by atoms with E-state index in [-0.39, 0.29) is 22.1 Å². The normalized spacial score (nSPS) is 18.3. The summed E-state index contributed by atoms with van der Waals surface area (Å²) in [7, 11) is -3.52. The monoisotopic (exact) mass is 428 g/mol. The number of carbonyl (C=O) groups is 2. The van der Waals surface area contributed by atoms with Crippen molar-refractivity contribution in [1.82, 2.24) is 14.5 Å². The molecule has 8 nitrogen and oxygen atoms in total. The molecular weight excluding hydrogens is 400 g/mol. The fourth-order valence-corrected chi connectivity index (χ4v) is 6.10. The Hall–Kier alpha value is -1.65. The van der Waals surface area contributed by atoms with E-state index in [1.807, 2.05) is 0 Å². The molecule has 0 aromatic carbocycles. The third-order valence-electron chi connectivity index (χ3n) is 5.19. The van der Waals surface area contributed by atoms with E-state index in [4.69, 9.17) is 0 Å². The number of thiophene rings is 1. The molecule has 2 heterocycles. The molecule has 156 valence electrons. The Bertz CT molecular complexity index is 807. The molecule has 1 saturated heterocycles. The quantitative estimate of drug-likeness (QED) is 0.696. The molecule has 0 spiro atoms. The fraction of sp³-hybridized carbons (Fsp3) is 0.667. The zero-order valence-electron chi connectivity index (χ0n) is 16.3. The molecule has 3 rings (SSSR count). The van der Waals surface area contributed by atoms with Crippen LogP contribution >= 0.6 is 11.3 Å². The van der Waals surface area contributed by atoms with Gasteiger partial charge in [-0.1, -0.05) is 13.8 Å². The van der Waals surface area contributed by atoms with Crippen LogP contribution in [0.4, 0.5) is 9.80 Å². The van der Waals surface area contributed by atoms with E-state index >= 15 is 0 Å². The molecular formula is C18H28N4O4S2. The maximum absolute atomic E-state index is 12.6. The highest BCUT2D eigenvalue weighted by molar-refractivity contribution is 7.91. The number of urea groups is 1. The number of anilines is 1. The van der Waals surface area contributed by atoms with Gasteiger partial charge >= 0.3 is 6.03 Å². The highest BCUT2D eigenvalue weighted by Crippen LogP contribution is 2.29. The van der Waals surface area contributed by atoms with Crippen LogP contribution in [0.15, 0.2) is 16.3 Å². The Balaban J connectivity index is 1.53. The van der Waals surface area contributed by atoms with E-state index in [2.05, 4.69) is 10.6 Å². The smallest absolute Gasteiger partial charge is 0.322 e. The van der Waals surface area contributed by atoms with Gasteiger partial charge in [-0.25, -0.2) is 13.2 Å². The zero-order chi connectivity index (χ0) is 20.3. The largest absolute Gasteiger partial charge is 0.353 e. The van der Waals surface area contributed by atoms with Crippen molar-refractivity contribution in [3.63, 3.8) is 0 Å². The third kappa shape index (κ3) is 4.84. The van der Waals surface area contributed by atoms with Gasteiger partial charge in [-0.05, 0) is 37.8 Å². The summed E-state index contributed by atoms with van der Waals surface area (Å²) in [5, 5.41) is 6.32. The lowest BCUT2D eigenvalue weighted by atomic mass is 9.96. The molecule has 1 saturated carbocycles. The highest BCUT2D eigenvalue weighted by Gasteiger charge is 2.31. The van der Waals surface area contributed by atoms with Gasteiger partial charge < -0.3 is 10.2 Å². The molecule has 0 unspecified atom stereocenters. The van der Waals surface area contributed by atoms with Crippen molar-refractivity contribution in [1.29, 1.82) is 0 Å². The summed E-state index contributed by atoms with van der Waals surface area (Å²) in [4.78, 5) is 26.3. The average molecular weight is 429 g/mol. The summed E-state index contributed by atoms with van der Waals surface area (Å²) in [5.41, 5.74) is 0. The lowest BCUT2D eigenvalue weighted by molar-refractivity contribution is -0.126. The molecule has 3 amide bonds. The number of carbonyl (C=O) groups excluding carboxylic acids is 2. The van der Waals surface area contributed by atoms with Crippen LogP contribution in [0, 0.1) is 5.92 Å². The number of amides is 3. The minimum absolute atomic E-state index is 0.0304. The first-order valence-electron chi connectivity index (χ1n) is 9.81. The summed E-state index contributed by atoms with van der Waals surface area (Å²) >= 11 is 1.06. The minimum Gasteiger partial charge on any atom is -0.353 e. The first-order valence-corrected chi connectivity index (χ1v) is 12.1. The number of likely N-dealkylation sites (tertiary alicyclic amines) is 1. The number of nitrogens with zero attached hydrogens (tertiary/aromatic N) is 2. The summed E-state index contributed by atoms with van der Waals surface area (Å²) in [6, 6.07) is 3.25. The zero-order valence-corrected chi connectivity index (χ0v) is 17.9. The van der Waals surface area contributed by atoms with Gasteiger partial charge in [-0.15, -0.1) is 11.3 Å². The molecule has 1 aromatic rings. The first kappa shape index (κ1) is 21.1. The van der Waals surface area contributed by atoms with Gasteiger partial charge in [0.2, 0.25) is 5.91 Å². The lowest BCUT2D eigenvalue weighted by Crippen LogP contribution is -2.44. The predicted molar refractivity (Wildman–Crippen MR) is 109 cm³/mol. The Morgan fingerprint density at radius 3 is 2.36 bits per heavy atom. The van der Waals surface area contributed by atoms with E-state index in [1.165, 1.54) is 10.4 Å². The van der Waals surface area contributed by atoms with Crippen molar-refractivity contribution in [3.05, 3.63) is 12.1 Å². The van der Waals surface area contributed by atoms with Crippen molar-refractivity contribution in [2.75, 3.05) is 31.5 Å². The Kier molecular flexibility index (Phi) is 6.61. The second-order valence-electron chi connectivity index (χ2n) is 7.18. The Morgan fingerprint density at radius 1 is 1.14 bits per heavy atom. The minimum atomic E-state index is -3.52. The second kappa shape index (κ2) is 8.79. The summed E-state index contributed by atoms with van der Waals surface area (Å²) in [6.07, 6.45) is 3.44. The van der Waals surface area contributed by atoms with E-state index in [9.17, 15) is 18.0 Å². The van der Waals surface area contributed by atoms with Crippen molar-refractivity contribution in [3.8, 4) is 0 Å². The van der Waals surface area contributed by atoms with Gasteiger partial charge in [0.25, 0.3) is 10.0 Å². The molecule has 2 aliphatic rings. The molecule has 10 heteroatoms. The molecule has 0 bridgehead atoms.